The molecular weight excluding hydrogens is 214 g/mol. The molecule has 0 spiro atoms. The van der Waals surface area contributed by atoms with E-state index in [1.807, 2.05) is 31.2 Å². The molecule has 0 unspecified atom stereocenters. The van der Waals surface area contributed by atoms with Gasteiger partial charge in [-0.15, -0.1) is 0 Å². The molecular formula is C13H15N3O. The van der Waals surface area contributed by atoms with Gasteiger partial charge in [-0.05, 0) is 37.8 Å². The van der Waals surface area contributed by atoms with Gasteiger partial charge in [-0.25, -0.2) is 0 Å². The van der Waals surface area contributed by atoms with Crippen LogP contribution in [0.5, 0.6) is 0 Å². The molecule has 2 N–H and O–H groups in total. The van der Waals surface area contributed by atoms with Crippen LogP contribution in [0.15, 0.2) is 28.8 Å². The Bertz CT molecular complexity index is 543. The molecule has 4 nitrogen and oxygen atoms in total. The molecule has 0 aliphatic heterocycles. The zero-order valence-electron chi connectivity index (χ0n) is 9.81. The van der Waals surface area contributed by atoms with E-state index in [4.69, 9.17) is 10.3 Å². The molecule has 0 amide bonds. The second kappa shape index (κ2) is 3.67. The highest BCUT2D eigenvalue weighted by molar-refractivity contribution is 5.57. The lowest BCUT2D eigenvalue weighted by molar-refractivity contribution is 0.229. The SMILES string of the molecule is Cc1ccccc1-c1nc(C2(N)CCC2)no1. The second-order valence-corrected chi connectivity index (χ2v) is 4.75. The van der Waals surface area contributed by atoms with Gasteiger partial charge in [0.05, 0.1) is 5.54 Å². The van der Waals surface area contributed by atoms with Crippen LogP contribution in [-0.4, -0.2) is 10.1 Å². The first kappa shape index (κ1) is 10.5. The fraction of sp³-hybridized carbons (Fsp3) is 0.385. The summed E-state index contributed by atoms with van der Waals surface area (Å²) in [5.74, 6) is 1.21. The molecule has 3 rings (SSSR count). The Labute approximate surface area is 99.8 Å². The number of benzene rings is 1. The monoisotopic (exact) mass is 229 g/mol. The highest BCUT2D eigenvalue weighted by Gasteiger charge is 2.39. The molecule has 0 bridgehead atoms. The minimum Gasteiger partial charge on any atom is -0.334 e. The third-order valence-corrected chi connectivity index (χ3v) is 3.49. The molecule has 88 valence electrons. The summed E-state index contributed by atoms with van der Waals surface area (Å²) in [6.07, 6.45) is 3.03. The van der Waals surface area contributed by atoms with Crippen molar-refractivity contribution in [1.29, 1.82) is 0 Å². The molecule has 1 aliphatic carbocycles. The van der Waals surface area contributed by atoms with Crippen molar-refractivity contribution in [2.45, 2.75) is 31.7 Å². The van der Waals surface area contributed by atoms with Crippen molar-refractivity contribution < 1.29 is 4.52 Å². The van der Waals surface area contributed by atoms with E-state index in [0.717, 1.165) is 30.4 Å². The maximum atomic E-state index is 6.17. The molecule has 1 aromatic carbocycles. The average Bonchev–Trinajstić information content (AvgIpc) is 2.76. The van der Waals surface area contributed by atoms with Crippen molar-refractivity contribution in [3.05, 3.63) is 35.7 Å². The molecule has 1 fully saturated rings. The van der Waals surface area contributed by atoms with Crippen LogP contribution in [0, 0.1) is 6.92 Å². The van der Waals surface area contributed by atoms with Crippen molar-refractivity contribution >= 4 is 0 Å². The number of nitrogens with two attached hydrogens (primary N) is 1. The zero-order chi connectivity index (χ0) is 11.9. The number of rotatable bonds is 2. The summed E-state index contributed by atoms with van der Waals surface area (Å²) >= 11 is 0. The van der Waals surface area contributed by atoms with E-state index < -0.39 is 0 Å². The Balaban J connectivity index is 1.98. The van der Waals surface area contributed by atoms with Crippen molar-refractivity contribution in [1.82, 2.24) is 10.1 Å². The summed E-state index contributed by atoms with van der Waals surface area (Å²) in [5, 5.41) is 4.02. The molecule has 1 aliphatic rings. The maximum absolute atomic E-state index is 6.17. The molecule has 0 radical (unpaired) electrons. The Hall–Kier alpha value is -1.68. The molecule has 17 heavy (non-hydrogen) atoms. The smallest absolute Gasteiger partial charge is 0.258 e. The zero-order valence-corrected chi connectivity index (χ0v) is 9.81. The van der Waals surface area contributed by atoms with Gasteiger partial charge in [0.1, 0.15) is 0 Å². The van der Waals surface area contributed by atoms with Gasteiger partial charge in [0.25, 0.3) is 5.89 Å². The van der Waals surface area contributed by atoms with Crippen LogP contribution in [0.2, 0.25) is 0 Å². The molecule has 1 aromatic heterocycles. The van der Waals surface area contributed by atoms with E-state index in [9.17, 15) is 0 Å². The number of aryl methyl sites for hydroxylation is 1. The predicted molar refractivity (Wildman–Crippen MR) is 64.2 cm³/mol. The van der Waals surface area contributed by atoms with Crippen LogP contribution >= 0.6 is 0 Å². The van der Waals surface area contributed by atoms with Crippen molar-refractivity contribution in [3.63, 3.8) is 0 Å². The number of hydrogen-bond acceptors (Lipinski definition) is 4. The molecule has 0 saturated heterocycles. The van der Waals surface area contributed by atoms with E-state index in [1.54, 1.807) is 0 Å². The fourth-order valence-electron chi connectivity index (χ4n) is 2.13. The Kier molecular flexibility index (Phi) is 2.26. The lowest BCUT2D eigenvalue weighted by atomic mass is 9.77. The first-order chi connectivity index (χ1) is 8.19. The van der Waals surface area contributed by atoms with Crippen LogP contribution in [0.4, 0.5) is 0 Å². The second-order valence-electron chi connectivity index (χ2n) is 4.75. The van der Waals surface area contributed by atoms with Crippen LogP contribution in [0.3, 0.4) is 0 Å². The lowest BCUT2D eigenvalue weighted by Crippen LogP contribution is -2.44. The summed E-state index contributed by atoms with van der Waals surface area (Å²) < 4.78 is 5.31. The number of aromatic nitrogens is 2. The summed E-state index contributed by atoms with van der Waals surface area (Å²) in [4.78, 5) is 4.43. The Morgan fingerprint density at radius 2 is 2.06 bits per heavy atom. The van der Waals surface area contributed by atoms with Gasteiger partial charge in [-0.1, -0.05) is 23.4 Å². The quantitative estimate of drug-likeness (QED) is 0.858. The van der Waals surface area contributed by atoms with E-state index in [0.29, 0.717) is 11.7 Å². The van der Waals surface area contributed by atoms with Gasteiger partial charge in [0, 0.05) is 5.56 Å². The van der Waals surface area contributed by atoms with Crippen LogP contribution in [0.25, 0.3) is 11.5 Å². The predicted octanol–water partition coefficient (Wildman–Crippen LogP) is 2.38. The Morgan fingerprint density at radius 1 is 1.29 bits per heavy atom. The first-order valence-corrected chi connectivity index (χ1v) is 5.88. The van der Waals surface area contributed by atoms with Gasteiger partial charge in [-0.2, -0.15) is 4.98 Å². The normalized spacial score (nSPS) is 17.8. The van der Waals surface area contributed by atoms with Crippen LogP contribution in [0.1, 0.15) is 30.7 Å². The van der Waals surface area contributed by atoms with Crippen molar-refractivity contribution in [2.75, 3.05) is 0 Å². The molecule has 2 aromatic rings. The van der Waals surface area contributed by atoms with Crippen molar-refractivity contribution in [2.24, 2.45) is 5.73 Å². The number of hydrogen-bond donors (Lipinski definition) is 1. The minimum absolute atomic E-state index is 0.357. The van der Waals surface area contributed by atoms with E-state index in [-0.39, 0.29) is 5.54 Å². The molecule has 1 saturated carbocycles. The van der Waals surface area contributed by atoms with Crippen LogP contribution < -0.4 is 5.73 Å². The first-order valence-electron chi connectivity index (χ1n) is 5.88. The summed E-state index contributed by atoms with van der Waals surface area (Å²) in [6, 6.07) is 7.97. The van der Waals surface area contributed by atoms with Crippen LogP contribution in [-0.2, 0) is 5.54 Å². The molecule has 0 atom stereocenters. The number of nitrogens with zero attached hydrogens (tertiary/aromatic N) is 2. The summed E-state index contributed by atoms with van der Waals surface area (Å²) in [7, 11) is 0. The van der Waals surface area contributed by atoms with Gasteiger partial charge in [0.2, 0.25) is 0 Å². The average molecular weight is 229 g/mol. The fourth-order valence-corrected chi connectivity index (χ4v) is 2.13. The molecule has 1 heterocycles. The van der Waals surface area contributed by atoms with E-state index in [1.165, 1.54) is 0 Å². The maximum Gasteiger partial charge on any atom is 0.258 e. The lowest BCUT2D eigenvalue weighted by Gasteiger charge is -2.34. The van der Waals surface area contributed by atoms with Gasteiger partial charge >= 0.3 is 0 Å². The third kappa shape index (κ3) is 1.65. The van der Waals surface area contributed by atoms with Gasteiger partial charge in [-0.3, -0.25) is 0 Å². The van der Waals surface area contributed by atoms with E-state index >= 15 is 0 Å². The standard InChI is InChI=1S/C13H15N3O/c1-9-5-2-3-6-10(9)11-15-12(16-17-11)13(14)7-4-8-13/h2-3,5-6H,4,7-8,14H2,1H3. The Morgan fingerprint density at radius 3 is 2.71 bits per heavy atom. The van der Waals surface area contributed by atoms with Gasteiger partial charge in [0.15, 0.2) is 5.82 Å². The highest BCUT2D eigenvalue weighted by atomic mass is 16.5. The van der Waals surface area contributed by atoms with E-state index in [2.05, 4.69) is 10.1 Å². The largest absolute Gasteiger partial charge is 0.334 e. The third-order valence-electron chi connectivity index (χ3n) is 3.49. The summed E-state index contributed by atoms with van der Waals surface area (Å²) in [6.45, 7) is 2.03. The summed E-state index contributed by atoms with van der Waals surface area (Å²) in [5.41, 5.74) is 7.92. The minimum atomic E-state index is -0.357. The van der Waals surface area contributed by atoms with Gasteiger partial charge < -0.3 is 10.3 Å². The topological polar surface area (TPSA) is 64.9 Å². The molecule has 4 heteroatoms. The highest BCUT2D eigenvalue weighted by Crippen LogP contribution is 2.37. The van der Waals surface area contributed by atoms with Crippen molar-refractivity contribution in [3.8, 4) is 11.5 Å².